The number of hydrogen-bond donors (Lipinski definition) is 2. The molecule has 0 spiro atoms. The van der Waals surface area contributed by atoms with Crippen molar-refractivity contribution >= 4 is 42.6 Å². The van der Waals surface area contributed by atoms with E-state index in [4.69, 9.17) is 13.8 Å². The maximum absolute atomic E-state index is 14.1. The molecule has 0 saturated carbocycles. The van der Waals surface area contributed by atoms with Crippen LogP contribution in [-0.2, 0) is 32.5 Å². The van der Waals surface area contributed by atoms with Gasteiger partial charge in [-0.2, -0.15) is 18.2 Å². The van der Waals surface area contributed by atoms with Crippen LogP contribution in [0.3, 0.4) is 0 Å². The van der Waals surface area contributed by atoms with E-state index in [1.54, 1.807) is 44.0 Å². The minimum Gasteiger partial charge on any atom is -0.495 e. The Morgan fingerprint density at radius 1 is 1.04 bits per heavy atom. The molecule has 2 aromatic carbocycles. The summed E-state index contributed by atoms with van der Waals surface area (Å²) in [5.74, 6) is -1.14. The Balaban J connectivity index is 1.47. The Morgan fingerprint density at radius 3 is 2.36 bits per heavy atom. The first kappa shape index (κ1) is 34.1. The third-order valence-electron chi connectivity index (χ3n) is 7.78. The van der Waals surface area contributed by atoms with Crippen molar-refractivity contribution < 1.29 is 41.1 Å². The molecule has 2 aliphatic heterocycles. The van der Waals surface area contributed by atoms with Crippen LogP contribution in [0.5, 0.6) is 5.75 Å². The Labute approximate surface area is 270 Å². The van der Waals surface area contributed by atoms with Gasteiger partial charge in [-0.15, -0.1) is 0 Å². The number of ether oxygens (including phenoxy) is 1. The lowest BCUT2D eigenvalue weighted by atomic mass is 10.00. The molecule has 2 aliphatic rings. The third kappa shape index (κ3) is 7.37. The van der Waals surface area contributed by atoms with Crippen molar-refractivity contribution in [3.05, 3.63) is 64.3 Å². The van der Waals surface area contributed by atoms with Gasteiger partial charge in [-0.25, -0.2) is 4.98 Å². The molecule has 12 nitrogen and oxygen atoms in total. The zero-order valence-corrected chi connectivity index (χ0v) is 27.3. The predicted octanol–water partition coefficient (Wildman–Crippen LogP) is 6.58. The minimum atomic E-state index is -4.83. The molecule has 3 aromatic rings. The largest absolute Gasteiger partial charge is 0.495 e. The SMILES string of the molecule is CCOP(=O)(Cc1ccc(Nc2ncc(C(F)(F)F)c(Nc3ccc(C(=O)N4CCCC4)c4c3C(=O)N(C)C4)n2)c(OC)c1)OCC. The van der Waals surface area contributed by atoms with Crippen LogP contribution in [0.4, 0.5) is 36.3 Å². The van der Waals surface area contributed by atoms with Crippen molar-refractivity contribution in [3.8, 4) is 5.75 Å². The van der Waals surface area contributed by atoms with Crippen LogP contribution >= 0.6 is 7.60 Å². The van der Waals surface area contributed by atoms with Crippen molar-refractivity contribution in [2.75, 3.05) is 51.1 Å². The summed E-state index contributed by atoms with van der Waals surface area (Å²) in [7, 11) is -0.437. The van der Waals surface area contributed by atoms with Crippen molar-refractivity contribution in [1.82, 2.24) is 19.8 Å². The number of amides is 2. The number of likely N-dealkylation sites (tertiary alicyclic amines) is 1. The van der Waals surface area contributed by atoms with Crippen LogP contribution in [0.15, 0.2) is 36.5 Å². The van der Waals surface area contributed by atoms with Crippen molar-refractivity contribution in [2.24, 2.45) is 0 Å². The number of aromatic nitrogens is 2. The molecule has 0 radical (unpaired) electrons. The number of alkyl halides is 3. The van der Waals surface area contributed by atoms with E-state index >= 15 is 0 Å². The number of halogens is 3. The van der Waals surface area contributed by atoms with Gasteiger partial charge in [0.05, 0.1) is 43.4 Å². The van der Waals surface area contributed by atoms with Gasteiger partial charge in [0, 0.05) is 38.4 Å². The first-order chi connectivity index (χ1) is 22.4. The summed E-state index contributed by atoms with van der Waals surface area (Å²) in [6.07, 6.45) is -2.44. The number of fused-ring (bicyclic) bond motifs is 1. The topological polar surface area (TPSA) is 135 Å². The zero-order chi connectivity index (χ0) is 33.9. The number of rotatable bonds is 12. The lowest BCUT2D eigenvalue weighted by molar-refractivity contribution is -0.137. The Bertz CT molecular complexity index is 1710. The number of hydrogen-bond acceptors (Lipinski definition) is 10. The van der Waals surface area contributed by atoms with E-state index in [2.05, 4.69) is 20.6 Å². The normalized spacial score (nSPS) is 14.8. The average molecular weight is 677 g/mol. The smallest absolute Gasteiger partial charge is 0.421 e. The molecule has 16 heteroatoms. The highest BCUT2D eigenvalue weighted by atomic mass is 31.2. The van der Waals surface area contributed by atoms with Gasteiger partial charge in [0.1, 0.15) is 17.1 Å². The first-order valence-corrected chi connectivity index (χ1v) is 16.8. The maximum Gasteiger partial charge on any atom is 0.421 e. The van der Waals surface area contributed by atoms with Crippen LogP contribution < -0.4 is 15.4 Å². The number of anilines is 4. The molecule has 1 saturated heterocycles. The summed E-state index contributed by atoms with van der Waals surface area (Å²) in [5.41, 5.74) is 0.752. The van der Waals surface area contributed by atoms with Gasteiger partial charge in [0.2, 0.25) is 5.95 Å². The zero-order valence-electron chi connectivity index (χ0n) is 26.4. The van der Waals surface area contributed by atoms with E-state index in [9.17, 15) is 27.3 Å². The first-order valence-electron chi connectivity index (χ1n) is 15.1. The van der Waals surface area contributed by atoms with E-state index in [0.29, 0.717) is 41.7 Å². The number of carbonyl (C=O) groups is 2. The van der Waals surface area contributed by atoms with Crippen molar-refractivity contribution in [3.63, 3.8) is 0 Å². The van der Waals surface area contributed by atoms with Crippen LogP contribution in [0.25, 0.3) is 0 Å². The van der Waals surface area contributed by atoms with E-state index in [1.165, 1.54) is 24.1 Å². The quantitative estimate of drug-likeness (QED) is 0.203. The summed E-state index contributed by atoms with van der Waals surface area (Å²) in [5, 5.41) is 5.59. The van der Waals surface area contributed by atoms with E-state index < -0.39 is 31.1 Å². The summed E-state index contributed by atoms with van der Waals surface area (Å²) in [6, 6.07) is 7.80. The molecular formula is C31H36F3N6O6P. The number of nitrogens with zero attached hydrogens (tertiary/aromatic N) is 4. The standard InChI is InChI=1S/C31H36F3N6O6P/c1-5-45-47(43,46-6-2)18-19-9-11-23(25(15-19)44-4)37-30-35-16-22(31(32,33)34)27(38-30)36-24-12-10-20(28(41)40-13-7-8-14-40)21-17-39(3)29(42)26(21)24/h9-12,15-16H,5-8,13-14,17-18H2,1-4H3,(H2,35,36,37,38). The highest BCUT2D eigenvalue weighted by molar-refractivity contribution is 7.53. The second-order valence-electron chi connectivity index (χ2n) is 11.0. The van der Waals surface area contributed by atoms with Gasteiger partial charge in [-0.3, -0.25) is 14.2 Å². The van der Waals surface area contributed by atoms with E-state index in [-0.39, 0.29) is 54.8 Å². The molecule has 0 unspecified atom stereocenters. The fourth-order valence-electron chi connectivity index (χ4n) is 5.63. The summed E-state index contributed by atoms with van der Waals surface area (Å²) in [4.78, 5) is 37.6. The number of benzene rings is 2. The molecule has 3 heterocycles. The fourth-order valence-corrected chi connectivity index (χ4v) is 7.31. The van der Waals surface area contributed by atoms with E-state index in [1.807, 2.05) is 0 Å². The number of methoxy groups -OCH3 is 1. The molecule has 0 atom stereocenters. The average Bonchev–Trinajstić information content (AvgIpc) is 3.66. The molecule has 1 aromatic heterocycles. The van der Waals surface area contributed by atoms with Gasteiger partial charge in [0.15, 0.2) is 0 Å². The van der Waals surface area contributed by atoms with Gasteiger partial charge in [-0.1, -0.05) is 6.07 Å². The molecule has 1 fully saturated rings. The Morgan fingerprint density at radius 2 is 1.72 bits per heavy atom. The fraction of sp³-hybridized carbons (Fsp3) is 0.419. The Hall–Kier alpha value is -4.20. The highest BCUT2D eigenvalue weighted by Crippen LogP contribution is 2.52. The molecule has 2 amide bonds. The molecule has 47 heavy (non-hydrogen) atoms. The predicted molar refractivity (Wildman–Crippen MR) is 169 cm³/mol. The molecular weight excluding hydrogens is 640 g/mol. The molecule has 2 N–H and O–H groups in total. The van der Waals surface area contributed by atoms with Gasteiger partial charge in [0.25, 0.3) is 11.8 Å². The summed E-state index contributed by atoms with van der Waals surface area (Å²) in [6.45, 7) is 5.18. The molecule has 0 aliphatic carbocycles. The van der Waals surface area contributed by atoms with Gasteiger partial charge < -0.3 is 34.2 Å². The van der Waals surface area contributed by atoms with Crippen LogP contribution in [0, 0.1) is 0 Å². The van der Waals surface area contributed by atoms with Crippen LogP contribution in [-0.4, -0.2) is 72.0 Å². The van der Waals surface area contributed by atoms with Crippen LogP contribution in [0.2, 0.25) is 0 Å². The van der Waals surface area contributed by atoms with Gasteiger partial charge in [-0.05, 0) is 62.1 Å². The van der Waals surface area contributed by atoms with Crippen LogP contribution in [0.1, 0.15) is 64.1 Å². The third-order valence-corrected chi connectivity index (χ3v) is 9.84. The molecule has 252 valence electrons. The monoisotopic (exact) mass is 676 g/mol. The molecule has 5 rings (SSSR count). The second kappa shape index (κ2) is 13.9. The number of nitrogens with one attached hydrogen (secondary N) is 2. The van der Waals surface area contributed by atoms with Gasteiger partial charge >= 0.3 is 13.8 Å². The second-order valence-corrected chi connectivity index (χ2v) is 13.1. The summed E-state index contributed by atoms with van der Waals surface area (Å²) >= 11 is 0. The Kier molecular flexibility index (Phi) is 10.1. The van der Waals surface area contributed by atoms with Crippen molar-refractivity contribution in [1.29, 1.82) is 0 Å². The minimum absolute atomic E-state index is 0.0170. The maximum atomic E-state index is 14.1. The van der Waals surface area contributed by atoms with E-state index in [0.717, 1.165) is 12.8 Å². The summed E-state index contributed by atoms with van der Waals surface area (Å²) < 4.78 is 71.7. The van der Waals surface area contributed by atoms with Crippen molar-refractivity contribution in [2.45, 2.75) is 45.6 Å². The number of carbonyl (C=O) groups excluding carboxylic acids is 2. The molecule has 0 bridgehead atoms. The lowest BCUT2D eigenvalue weighted by Gasteiger charge is -2.20. The lowest BCUT2D eigenvalue weighted by Crippen LogP contribution is -2.28. The highest BCUT2D eigenvalue weighted by Gasteiger charge is 2.38.